The molecule has 0 amide bonds. The number of rotatable bonds is 5. The molecule has 0 saturated carbocycles. The summed E-state index contributed by atoms with van der Waals surface area (Å²) in [4.78, 5) is 7.17. The van der Waals surface area contributed by atoms with Gasteiger partial charge in [-0.05, 0) is 107 Å². The van der Waals surface area contributed by atoms with Crippen molar-refractivity contribution in [1.82, 2.24) is 9.88 Å². The number of likely N-dealkylation sites (tertiary alicyclic amines) is 1. The number of benzene rings is 2. The Morgan fingerprint density at radius 1 is 1.08 bits per heavy atom. The van der Waals surface area contributed by atoms with Gasteiger partial charge >= 0.3 is 0 Å². The van der Waals surface area contributed by atoms with Gasteiger partial charge in [-0.3, -0.25) is 5.41 Å². The number of aryl methyl sites for hydroxylation is 3. The van der Waals surface area contributed by atoms with E-state index in [2.05, 4.69) is 28.9 Å². The fraction of sp³-hybridized carbons (Fsp3) is 0.419. The lowest BCUT2D eigenvalue weighted by Crippen LogP contribution is -2.32. The van der Waals surface area contributed by atoms with Crippen molar-refractivity contribution in [2.45, 2.75) is 70.9 Å². The Labute approximate surface area is 225 Å². The number of nitrogens with zero attached hydrogens (tertiary/aromatic N) is 2. The molecule has 1 aliphatic carbocycles. The highest BCUT2D eigenvalue weighted by atomic mass is 35.5. The topological polar surface area (TPSA) is 86.2 Å². The lowest BCUT2D eigenvalue weighted by Gasteiger charge is -2.26. The van der Waals surface area contributed by atoms with E-state index >= 15 is 0 Å². The summed E-state index contributed by atoms with van der Waals surface area (Å²) in [7, 11) is 0. The first-order chi connectivity index (χ1) is 17.6. The van der Waals surface area contributed by atoms with Crippen LogP contribution in [0.25, 0.3) is 11.1 Å². The number of aromatic nitrogens is 1. The molecule has 1 unspecified atom stereocenters. The second kappa shape index (κ2) is 10.2. The molecule has 2 aliphatic rings. The Kier molecular flexibility index (Phi) is 7.14. The highest BCUT2D eigenvalue weighted by Gasteiger charge is 2.25. The van der Waals surface area contributed by atoms with E-state index in [9.17, 15) is 5.11 Å². The summed E-state index contributed by atoms with van der Waals surface area (Å²) in [5.74, 6) is 0.317. The average molecular weight is 517 g/mol. The van der Waals surface area contributed by atoms with E-state index in [-0.39, 0.29) is 5.71 Å². The monoisotopic (exact) mass is 516 g/mol. The van der Waals surface area contributed by atoms with Gasteiger partial charge in [-0.1, -0.05) is 35.9 Å². The number of aliphatic hydroxyl groups is 1. The Hall–Kier alpha value is -2.73. The molecule has 1 aromatic heterocycles. The van der Waals surface area contributed by atoms with E-state index in [1.807, 2.05) is 12.3 Å². The van der Waals surface area contributed by atoms with E-state index < -0.39 is 5.60 Å². The molecule has 2 aromatic carbocycles. The van der Waals surface area contributed by atoms with Gasteiger partial charge in [-0.15, -0.1) is 0 Å². The molecule has 1 aliphatic heterocycles. The van der Waals surface area contributed by atoms with Gasteiger partial charge in [0.1, 0.15) is 5.82 Å². The van der Waals surface area contributed by atoms with Crippen LogP contribution in [0.5, 0.6) is 0 Å². The fourth-order valence-corrected chi connectivity index (χ4v) is 6.41. The molecule has 1 fully saturated rings. The second-order valence-electron chi connectivity index (χ2n) is 11.2. The van der Waals surface area contributed by atoms with E-state index in [4.69, 9.17) is 22.7 Å². The molecule has 2 heterocycles. The Morgan fingerprint density at radius 3 is 2.41 bits per heavy atom. The summed E-state index contributed by atoms with van der Waals surface area (Å²) >= 11 is 6.46. The number of nitrogens with two attached hydrogens (primary N) is 1. The summed E-state index contributed by atoms with van der Waals surface area (Å²) in [5.41, 5.74) is 13.5. The van der Waals surface area contributed by atoms with E-state index in [1.54, 1.807) is 32.0 Å². The maximum absolute atomic E-state index is 10.3. The van der Waals surface area contributed by atoms with Crippen LogP contribution in [0.2, 0.25) is 5.02 Å². The van der Waals surface area contributed by atoms with Crippen LogP contribution in [0.4, 0.5) is 5.82 Å². The molecule has 37 heavy (non-hydrogen) atoms. The summed E-state index contributed by atoms with van der Waals surface area (Å²) in [5, 5.41) is 19.7. The molecule has 194 valence electrons. The van der Waals surface area contributed by atoms with Crippen molar-refractivity contribution >= 4 is 23.1 Å². The van der Waals surface area contributed by atoms with Crippen molar-refractivity contribution in [3.8, 4) is 11.1 Å². The molecule has 0 bridgehead atoms. The summed E-state index contributed by atoms with van der Waals surface area (Å²) in [6.45, 7) is 8.06. The molecule has 5 nitrogen and oxygen atoms in total. The number of nitrogens with one attached hydrogen (secondary N) is 1. The highest BCUT2D eigenvalue weighted by Crippen LogP contribution is 2.34. The zero-order chi connectivity index (χ0) is 26.3. The van der Waals surface area contributed by atoms with Crippen LogP contribution in [0, 0.1) is 12.3 Å². The van der Waals surface area contributed by atoms with Gasteiger partial charge in [0.2, 0.25) is 0 Å². The standard InChI is InChI=1S/C31H37ClN4O/c1-19-14-20-6-9-24(36-12-4-5-13-36)10-7-21(20)15-25(19)23-16-26(30(34)35-18-23)29(33)22-8-11-27(28(32)17-22)31(2,3)37/h8,11,14-18,24,33,37H,4-7,9-10,12-13H2,1-3H3,(H2,34,35). The quantitative estimate of drug-likeness (QED) is 0.275. The largest absolute Gasteiger partial charge is 0.386 e. The van der Waals surface area contributed by atoms with Crippen LogP contribution >= 0.6 is 11.6 Å². The predicted octanol–water partition coefficient (Wildman–Crippen LogP) is 6.28. The number of hydrogen-bond acceptors (Lipinski definition) is 5. The predicted molar refractivity (Wildman–Crippen MR) is 153 cm³/mol. The molecule has 3 aromatic rings. The first-order valence-electron chi connectivity index (χ1n) is 13.4. The lowest BCUT2D eigenvalue weighted by atomic mass is 9.91. The van der Waals surface area contributed by atoms with E-state index in [0.29, 0.717) is 33.6 Å². The number of fused-ring (bicyclic) bond motifs is 1. The van der Waals surface area contributed by atoms with Crippen LogP contribution < -0.4 is 5.73 Å². The highest BCUT2D eigenvalue weighted by molar-refractivity contribution is 6.32. The third-order valence-corrected chi connectivity index (χ3v) is 8.43. The van der Waals surface area contributed by atoms with Gasteiger partial charge in [0.15, 0.2) is 0 Å². The van der Waals surface area contributed by atoms with Crippen LogP contribution in [0.15, 0.2) is 42.6 Å². The Bertz CT molecular complexity index is 1340. The van der Waals surface area contributed by atoms with Crippen molar-refractivity contribution in [2.24, 2.45) is 0 Å². The van der Waals surface area contributed by atoms with Crippen LogP contribution in [0.3, 0.4) is 0 Å². The molecule has 4 N–H and O–H groups in total. The maximum Gasteiger partial charge on any atom is 0.132 e. The third-order valence-electron chi connectivity index (χ3n) is 8.11. The molecular formula is C31H37ClN4O. The first-order valence-corrected chi connectivity index (χ1v) is 13.7. The first kappa shape index (κ1) is 25.9. The molecule has 1 atom stereocenters. The second-order valence-corrected chi connectivity index (χ2v) is 11.6. The van der Waals surface area contributed by atoms with Crippen molar-refractivity contribution < 1.29 is 5.11 Å². The minimum Gasteiger partial charge on any atom is -0.386 e. The van der Waals surface area contributed by atoms with Crippen LogP contribution in [-0.2, 0) is 18.4 Å². The van der Waals surface area contributed by atoms with Gasteiger partial charge in [0.05, 0.1) is 11.3 Å². The SMILES string of the molecule is Cc1cc2c(cc1-c1cnc(N)c(C(=N)c3ccc(C(C)(C)O)c(Cl)c3)c1)CCC(N1CCCC1)CC2. The fourth-order valence-electron chi connectivity index (χ4n) is 5.99. The van der Waals surface area contributed by atoms with Gasteiger partial charge in [-0.25, -0.2) is 4.98 Å². The van der Waals surface area contributed by atoms with Gasteiger partial charge in [0.25, 0.3) is 0 Å². The number of nitrogen functional groups attached to an aromatic ring is 1. The molecule has 5 rings (SSSR count). The smallest absolute Gasteiger partial charge is 0.132 e. The number of pyridine rings is 1. The zero-order valence-corrected chi connectivity index (χ0v) is 22.8. The van der Waals surface area contributed by atoms with Gasteiger partial charge in [-0.2, -0.15) is 0 Å². The molecule has 0 radical (unpaired) electrons. The summed E-state index contributed by atoms with van der Waals surface area (Å²) in [6.07, 6.45) is 9.18. The van der Waals surface area contributed by atoms with Crippen LogP contribution in [0.1, 0.15) is 72.9 Å². The Balaban J connectivity index is 1.44. The minimum atomic E-state index is -1.06. The van der Waals surface area contributed by atoms with Crippen molar-refractivity contribution in [3.63, 3.8) is 0 Å². The number of halogens is 1. The molecular weight excluding hydrogens is 480 g/mol. The van der Waals surface area contributed by atoms with Crippen molar-refractivity contribution in [3.05, 3.63) is 81.0 Å². The van der Waals surface area contributed by atoms with E-state index in [0.717, 1.165) is 24.0 Å². The van der Waals surface area contributed by atoms with Crippen molar-refractivity contribution in [2.75, 3.05) is 18.8 Å². The lowest BCUT2D eigenvalue weighted by molar-refractivity contribution is 0.0787. The average Bonchev–Trinajstić information content (AvgIpc) is 3.31. The number of anilines is 1. The van der Waals surface area contributed by atoms with Crippen molar-refractivity contribution in [1.29, 1.82) is 5.41 Å². The van der Waals surface area contributed by atoms with Gasteiger partial charge < -0.3 is 15.7 Å². The number of hydrogen-bond donors (Lipinski definition) is 3. The normalized spacial score (nSPS) is 18.5. The maximum atomic E-state index is 10.3. The van der Waals surface area contributed by atoms with Gasteiger partial charge in [0, 0.05) is 39.5 Å². The third kappa shape index (κ3) is 5.31. The summed E-state index contributed by atoms with van der Waals surface area (Å²) in [6, 6.07) is 12.7. The minimum absolute atomic E-state index is 0.261. The van der Waals surface area contributed by atoms with Crippen LogP contribution in [-0.4, -0.2) is 39.8 Å². The van der Waals surface area contributed by atoms with E-state index in [1.165, 1.54) is 55.5 Å². The molecule has 0 spiro atoms. The summed E-state index contributed by atoms with van der Waals surface area (Å²) < 4.78 is 0. The zero-order valence-electron chi connectivity index (χ0n) is 22.1. The molecule has 6 heteroatoms. The molecule has 1 saturated heterocycles. The Morgan fingerprint density at radius 2 is 1.76 bits per heavy atom.